The molecule has 0 amide bonds. The highest BCUT2D eigenvalue weighted by molar-refractivity contribution is 7.17. The first-order chi connectivity index (χ1) is 13.1. The predicted molar refractivity (Wildman–Crippen MR) is 115 cm³/mol. The van der Waals surface area contributed by atoms with Gasteiger partial charge in [0, 0.05) is 21.9 Å². The van der Waals surface area contributed by atoms with E-state index in [0.29, 0.717) is 10.6 Å². The fourth-order valence-electron chi connectivity index (χ4n) is 3.63. The lowest BCUT2D eigenvalue weighted by Gasteiger charge is -2.13. The number of hydrogen-bond donors (Lipinski definition) is 2. The Balaban J connectivity index is 1.90. The smallest absolute Gasteiger partial charge is 0.266 e. The van der Waals surface area contributed by atoms with Crippen molar-refractivity contribution in [1.29, 1.82) is 0 Å². The Morgan fingerprint density at radius 2 is 2.04 bits per heavy atom. The molecule has 27 heavy (non-hydrogen) atoms. The molecule has 2 aromatic carbocycles. The van der Waals surface area contributed by atoms with E-state index in [1.54, 1.807) is 12.1 Å². The normalized spacial score (nSPS) is 12.7. The second-order valence-corrected chi connectivity index (χ2v) is 8.17. The van der Waals surface area contributed by atoms with Gasteiger partial charge in [-0.05, 0) is 53.5 Å². The molecule has 0 saturated carbocycles. The topological polar surface area (TPSA) is 53.1 Å². The summed E-state index contributed by atoms with van der Waals surface area (Å²) in [5.74, 6) is 0.941. The molecule has 4 heteroatoms. The Kier molecular flexibility index (Phi) is 4.75. The van der Waals surface area contributed by atoms with Gasteiger partial charge in [0.2, 0.25) is 0 Å². The molecule has 0 saturated heterocycles. The molecule has 1 unspecified atom stereocenters. The van der Waals surface area contributed by atoms with Crippen molar-refractivity contribution >= 4 is 32.3 Å². The number of fused-ring (bicyclic) bond motifs is 3. The molecule has 0 aliphatic heterocycles. The van der Waals surface area contributed by atoms with Crippen LogP contribution in [0.5, 0.6) is 5.75 Å². The third-order valence-corrected chi connectivity index (χ3v) is 6.32. The minimum absolute atomic E-state index is 0.0774. The summed E-state index contributed by atoms with van der Waals surface area (Å²) in [4.78, 5) is 15.3. The van der Waals surface area contributed by atoms with Crippen LogP contribution in [0.2, 0.25) is 0 Å². The van der Waals surface area contributed by atoms with E-state index in [1.807, 2.05) is 17.5 Å². The van der Waals surface area contributed by atoms with Crippen LogP contribution < -0.4 is 5.56 Å². The number of benzene rings is 2. The molecule has 0 spiro atoms. The van der Waals surface area contributed by atoms with Crippen molar-refractivity contribution in [3.63, 3.8) is 0 Å². The largest absolute Gasteiger partial charge is 0.507 e. The maximum atomic E-state index is 12.3. The van der Waals surface area contributed by atoms with Crippen LogP contribution in [0, 0.1) is 5.92 Å². The van der Waals surface area contributed by atoms with Gasteiger partial charge < -0.3 is 10.1 Å². The van der Waals surface area contributed by atoms with E-state index in [9.17, 15) is 9.90 Å². The molecule has 0 aliphatic rings. The van der Waals surface area contributed by atoms with Gasteiger partial charge in [0.25, 0.3) is 5.56 Å². The van der Waals surface area contributed by atoms with E-state index in [-0.39, 0.29) is 11.3 Å². The third-order valence-electron chi connectivity index (χ3n) is 5.41. The molecule has 0 bridgehead atoms. The van der Waals surface area contributed by atoms with Crippen molar-refractivity contribution in [2.45, 2.75) is 33.1 Å². The van der Waals surface area contributed by atoms with Crippen LogP contribution in [-0.4, -0.2) is 10.1 Å². The third kappa shape index (κ3) is 3.26. The van der Waals surface area contributed by atoms with Crippen LogP contribution in [0.15, 0.2) is 52.6 Å². The van der Waals surface area contributed by atoms with E-state index in [1.165, 1.54) is 23.3 Å². The number of rotatable bonds is 5. The lowest BCUT2D eigenvalue weighted by molar-refractivity contribution is 0.478. The van der Waals surface area contributed by atoms with Gasteiger partial charge in [-0.15, -0.1) is 11.3 Å². The Morgan fingerprint density at radius 3 is 2.85 bits per heavy atom. The summed E-state index contributed by atoms with van der Waals surface area (Å²) in [6.07, 6.45) is 3.37. The van der Waals surface area contributed by atoms with E-state index in [0.717, 1.165) is 40.3 Å². The molecule has 4 rings (SSSR count). The molecule has 0 radical (unpaired) electrons. The number of aromatic amines is 1. The van der Waals surface area contributed by atoms with Gasteiger partial charge in [0.1, 0.15) is 10.4 Å². The van der Waals surface area contributed by atoms with Gasteiger partial charge in [-0.2, -0.15) is 0 Å². The molecular weight excluding hydrogens is 354 g/mol. The molecule has 0 fully saturated rings. The Labute approximate surface area is 162 Å². The molecule has 3 nitrogen and oxygen atoms in total. The number of pyridine rings is 1. The molecule has 2 N–H and O–H groups in total. The highest BCUT2D eigenvalue weighted by Crippen LogP contribution is 2.39. The molecular formula is C23H23NO2S. The number of phenols is 1. The van der Waals surface area contributed by atoms with Crippen molar-refractivity contribution in [3.05, 3.63) is 63.8 Å². The van der Waals surface area contributed by atoms with E-state index in [2.05, 4.69) is 37.0 Å². The second kappa shape index (κ2) is 7.20. The van der Waals surface area contributed by atoms with Crippen LogP contribution in [-0.2, 0) is 6.42 Å². The van der Waals surface area contributed by atoms with E-state index in [4.69, 9.17) is 0 Å². The summed E-state index contributed by atoms with van der Waals surface area (Å²) < 4.78 is 0.697. The number of aromatic hydroxyl groups is 1. The lowest BCUT2D eigenvalue weighted by Crippen LogP contribution is -2.04. The Hall–Kier alpha value is -2.59. The molecule has 2 heterocycles. The molecule has 138 valence electrons. The average molecular weight is 378 g/mol. The first-order valence-corrected chi connectivity index (χ1v) is 10.3. The minimum atomic E-state index is -0.0774. The van der Waals surface area contributed by atoms with Crippen molar-refractivity contribution in [1.82, 2.24) is 4.98 Å². The Bertz CT molecular complexity index is 1170. The van der Waals surface area contributed by atoms with Crippen molar-refractivity contribution in [2.24, 2.45) is 5.92 Å². The highest BCUT2D eigenvalue weighted by atomic mass is 32.1. The first-order valence-electron chi connectivity index (χ1n) is 9.43. The number of phenolic OH excluding ortho intramolecular Hbond substituents is 1. The Morgan fingerprint density at radius 1 is 1.19 bits per heavy atom. The number of aromatic nitrogens is 1. The van der Waals surface area contributed by atoms with E-state index < -0.39 is 0 Å². The number of nitrogens with one attached hydrogen (secondary N) is 1. The van der Waals surface area contributed by atoms with Gasteiger partial charge in [-0.3, -0.25) is 4.79 Å². The van der Waals surface area contributed by atoms with E-state index >= 15 is 0 Å². The zero-order valence-electron chi connectivity index (χ0n) is 15.6. The van der Waals surface area contributed by atoms with Gasteiger partial charge in [-0.25, -0.2) is 0 Å². The van der Waals surface area contributed by atoms with Gasteiger partial charge >= 0.3 is 0 Å². The van der Waals surface area contributed by atoms with Crippen LogP contribution in [0.25, 0.3) is 32.1 Å². The summed E-state index contributed by atoms with van der Waals surface area (Å²) in [5.41, 5.74) is 3.72. The number of H-pyrrole nitrogens is 1. The number of aryl methyl sites for hydroxylation is 1. The van der Waals surface area contributed by atoms with Gasteiger partial charge in [0.15, 0.2) is 0 Å². The van der Waals surface area contributed by atoms with Gasteiger partial charge in [-0.1, -0.05) is 44.5 Å². The summed E-state index contributed by atoms with van der Waals surface area (Å²) in [6, 6.07) is 13.8. The highest BCUT2D eigenvalue weighted by Gasteiger charge is 2.15. The monoisotopic (exact) mass is 377 g/mol. The zero-order chi connectivity index (χ0) is 19.0. The van der Waals surface area contributed by atoms with Crippen LogP contribution in [0.1, 0.15) is 32.3 Å². The number of thiophene rings is 1. The molecule has 1 atom stereocenters. The predicted octanol–water partition coefficient (Wildman–Crippen LogP) is 6.09. The fraction of sp³-hybridized carbons (Fsp3) is 0.261. The van der Waals surface area contributed by atoms with Crippen molar-refractivity contribution in [3.8, 4) is 16.9 Å². The maximum Gasteiger partial charge on any atom is 0.266 e. The first kappa shape index (κ1) is 17.8. The maximum absolute atomic E-state index is 12.3. The summed E-state index contributed by atoms with van der Waals surface area (Å²) in [6.45, 7) is 4.51. The molecule has 0 aliphatic carbocycles. The summed E-state index contributed by atoms with van der Waals surface area (Å²) in [5, 5.41) is 14.4. The van der Waals surface area contributed by atoms with Crippen LogP contribution in [0.3, 0.4) is 0 Å². The quantitative estimate of drug-likeness (QED) is 0.442. The lowest BCUT2D eigenvalue weighted by atomic mass is 9.93. The van der Waals surface area contributed by atoms with Crippen LogP contribution >= 0.6 is 11.3 Å². The fourth-order valence-corrected chi connectivity index (χ4v) is 4.42. The standard InChI is InChI=1S/C23H23NO2S/c1-3-14(2)7-8-15-5-4-6-16(13-15)20-19(25)10-9-18-21(20)17-11-12-27-22(17)23(26)24-18/h4-6,9-14,25H,3,7-8H2,1-2H3,(H,24,26). The zero-order valence-corrected chi connectivity index (χ0v) is 16.4. The average Bonchev–Trinajstić information content (AvgIpc) is 3.17. The van der Waals surface area contributed by atoms with Crippen molar-refractivity contribution < 1.29 is 5.11 Å². The molecule has 4 aromatic rings. The van der Waals surface area contributed by atoms with Gasteiger partial charge in [0.05, 0.1) is 0 Å². The summed E-state index contributed by atoms with van der Waals surface area (Å²) in [7, 11) is 0. The molecule has 2 aromatic heterocycles. The SMILES string of the molecule is CCC(C)CCc1cccc(-c2c(O)ccc3[nH]c(=O)c4sccc4c23)c1. The number of hydrogen-bond acceptors (Lipinski definition) is 3. The summed E-state index contributed by atoms with van der Waals surface area (Å²) >= 11 is 1.43. The van der Waals surface area contributed by atoms with Crippen LogP contribution in [0.4, 0.5) is 0 Å². The second-order valence-electron chi connectivity index (χ2n) is 7.25. The van der Waals surface area contributed by atoms with Crippen molar-refractivity contribution in [2.75, 3.05) is 0 Å². The minimum Gasteiger partial charge on any atom is -0.507 e.